The van der Waals surface area contributed by atoms with Crippen LogP contribution in [0.25, 0.3) is 10.2 Å². The Morgan fingerprint density at radius 2 is 1.85 bits per heavy atom. The summed E-state index contributed by atoms with van der Waals surface area (Å²) in [4.78, 5) is 31.3. The van der Waals surface area contributed by atoms with Crippen molar-refractivity contribution in [2.24, 2.45) is 0 Å². The molecule has 0 fully saturated rings. The molecule has 1 aromatic carbocycles. The molecule has 2 heterocycles. The highest BCUT2D eigenvalue weighted by molar-refractivity contribution is 7.18. The largest absolute Gasteiger partial charge is 0.325 e. The topological polar surface area (TPSA) is 64.0 Å². The van der Waals surface area contributed by atoms with Gasteiger partial charge < -0.3 is 5.32 Å². The number of nitrogens with zero attached hydrogens (tertiary/aromatic N) is 2. The zero-order chi connectivity index (χ0) is 19.1. The van der Waals surface area contributed by atoms with Gasteiger partial charge in [-0.3, -0.25) is 14.2 Å². The molecule has 0 aliphatic carbocycles. The molecule has 6 heteroatoms. The van der Waals surface area contributed by atoms with Crippen molar-refractivity contribution < 1.29 is 4.79 Å². The Hall–Kier alpha value is -2.47. The lowest BCUT2D eigenvalue weighted by atomic mass is 9.87. The average molecular weight is 369 g/mol. The van der Waals surface area contributed by atoms with Gasteiger partial charge >= 0.3 is 0 Å². The summed E-state index contributed by atoms with van der Waals surface area (Å²) in [5.74, 6) is 0.300. The molecule has 0 atom stereocenters. The number of benzene rings is 1. The van der Waals surface area contributed by atoms with Crippen LogP contribution in [0.15, 0.2) is 35.1 Å². The van der Waals surface area contributed by atoms with Crippen LogP contribution in [0, 0.1) is 13.8 Å². The highest BCUT2D eigenvalue weighted by Crippen LogP contribution is 2.23. The fourth-order valence-electron chi connectivity index (χ4n) is 2.82. The monoisotopic (exact) mass is 369 g/mol. The Bertz CT molecular complexity index is 1020. The molecule has 0 radical (unpaired) electrons. The number of hydrogen-bond donors (Lipinski definition) is 1. The molecule has 0 bridgehead atoms. The zero-order valence-corrected chi connectivity index (χ0v) is 16.5. The molecule has 0 aliphatic heterocycles. The van der Waals surface area contributed by atoms with Crippen molar-refractivity contribution in [2.45, 2.75) is 46.6 Å². The number of hydrogen-bond acceptors (Lipinski definition) is 4. The van der Waals surface area contributed by atoms with Crippen LogP contribution in [0.2, 0.25) is 0 Å². The van der Waals surface area contributed by atoms with Crippen LogP contribution < -0.4 is 10.9 Å². The van der Waals surface area contributed by atoms with Crippen molar-refractivity contribution in [3.8, 4) is 0 Å². The Balaban J connectivity index is 1.80. The van der Waals surface area contributed by atoms with Gasteiger partial charge in [0.05, 0.1) is 5.39 Å². The normalized spacial score (nSPS) is 11.7. The third-order valence-corrected chi connectivity index (χ3v) is 5.25. The molecule has 0 unspecified atom stereocenters. The van der Waals surface area contributed by atoms with E-state index < -0.39 is 0 Å². The van der Waals surface area contributed by atoms with Gasteiger partial charge in [-0.2, -0.15) is 0 Å². The molecular weight excluding hydrogens is 346 g/mol. The van der Waals surface area contributed by atoms with Crippen LogP contribution in [0.5, 0.6) is 0 Å². The van der Waals surface area contributed by atoms with Gasteiger partial charge in [-0.05, 0) is 43.0 Å². The summed E-state index contributed by atoms with van der Waals surface area (Å²) in [5.41, 5.74) is 1.81. The smallest absolute Gasteiger partial charge is 0.262 e. The second-order valence-electron chi connectivity index (χ2n) is 7.50. The molecule has 3 aromatic rings. The van der Waals surface area contributed by atoms with E-state index >= 15 is 0 Å². The van der Waals surface area contributed by atoms with Gasteiger partial charge in [-0.1, -0.05) is 32.9 Å². The fraction of sp³-hybridized carbons (Fsp3) is 0.350. The third-order valence-electron chi connectivity index (χ3n) is 4.30. The van der Waals surface area contributed by atoms with Crippen molar-refractivity contribution in [2.75, 3.05) is 5.32 Å². The number of fused-ring (bicyclic) bond motifs is 1. The molecule has 26 heavy (non-hydrogen) atoms. The molecule has 1 amide bonds. The first-order valence-corrected chi connectivity index (χ1v) is 9.35. The molecular formula is C20H23N3O2S. The van der Waals surface area contributed by atoms with Crippen LogP contribution >= 0.6 is 11.3 Å². The van der Waals surface area contributed by atoms with Crippen LogP contribution in [-0.2, 0) is 16.8 Å². The van der Waals surface area contributed by atoms with E-state index in [9.17, 15) is 9.59 Å². The second kappa shape index (κ2) is 6.68. The molecule has 136 valence electrons. The Morgan fingerprint density at radius 1 is 1.19 bits per heavy atom. The van der Waals surface area contributed by atoms with Gasteiger partial charge in [0.25, 0.3) is 5.56 Å². The van der Waals surface area contributed by atoms with Gasteiger partial charge in [-0.15, -0.1) is 11.3 Å². The minimum atomic E-state index is -0.244. The highest BCUT2D eigenvalue weighted by Gasteiger charge is 2.15. The number of carbonyl (C=O) groups is 1. The number of aromatic nitrogens is 2. The lowest BCUT2D eigenvalue weighted by Gasteiger charge is -2.19. The number of aryl methyl sites for hydroxylation is 2. The molecule has 1 N–H and O–H groups in total. The Morgan fingerprint density at radius 3 is 2.46 bits per heavy atom. The molecule has 2 aromatic heterocycles. The quantitative estimate of drug-likeness (QED) is 0.759. The maximum absolute atomic E-state index is 12.7. The Labute approximate surface area is 156 Å². The van der Waals surface area contributed by atoms with Crippen molar-refractivity contribution in [1.29, 1.82) is 0 Å². The van der Waals surface area contributed by atoms with E-state index in [0.717, 1.165) is 9.71 Å². The van der Waals surface area contributed by atoms with Gasteiger partial charge in [-0.25, -0.2) is 4.98 Å². The highest BCUT2D eigenvalue weighted by atomic mass is 32.1. The van der Waals surface area contributed by atoms with Crippen molar-refractivity contribution in [3.05, 3.63) is 57.0 Å². The first kappa shape index (κ1) is 18.3. The van der Waals surface area contributed by atoms with Gasteiger partial charge in [0.2, 0.25) is 5.91 Å². The minimum absolute atomic E-state index is 0.0521. The van der Waals surface area contributed by atoms with E-state index in [-0.39, 0.29) is 23.4 Å². The van der Waals surface area contributed by atoms with Crippen LogP contribution in [-0.4, -0.2) is 15.5 Å². The lowest BCUT2D eigenvalue weighted by Crippen LogP contribution is -2.29. The number of amides is 1. The van der Waals surface area contributed by atoms with Crippen molar-refractivity contribution in [1.82, 2.24) is 9.55 Å². The average Bonchev–Trinajstić information content (AvgIpc) is 2.91. The van der Waals surface area contributed by atoms with E-state index in [4.69, 9.17) is 0 Å². The van der Waals surface area contributed by atoms with Gasteiger partial charge in [0.15, 0.2) is 0 Å². The first-order valence-electron chi connectivity index (χ1n) is 8.53. The van der Waals surface area contributed by atoms with E-state index in [2.05, 4.69) is 31.1 Å². The molecule has 3 rings (SSSR count). The molecule has 0 saturated carbocycles. The number of rotatable bonds is 3. The van der Waals surface area contributed by atoms with Crippen molar-refractivity contribution >= 4 is 33.1 Å². The number of anilines is 1. The SMILES string of the molecule is Cc1cc2c(=O)n(CC(=O)Nc3ccc(C(C)(C)C)cc3)c(C)nc2s1. The molecule has 5 nitrogen and oxygen atoms in total. The molecule has 0 aliphatic rings. The summed E-state index contributed by atoms with van der Waals surface area (Å²) >= 11 is 1.49. The summed E-state index contributed by atoms with van der Waals surface area (Å²) in [6, 6.07) is 9.62. The summed E-state index contributed by atoms with van der Waals surface area (Å²) in [7, 11) is 0. The van der Waals surface area contributed by atoms with Crippen LogP contribution in [0.3, 0.4) is 0 Å². The third kappa shape index (κ3) is 3.70. The van der Waals surface area contributed by atoms with Gasteiger partial charge in [0.1, 0.15) is 17.2 Å². The molecule has 0 spiro atoms. The van der Waals surface area contributed by atoms with E-state index in [1.807, 2.05) is 37.3 Å². The summed E-state index contributed by atoms with van der Waals surface area (Å²) in [6.45, 7) is 10.1. The predicted molar refractivity (Wildman–Crippen MR) is 107 cm³/mol. The maximum Gasteiger partial charge on any atom is 0.262 e. The predicted octanol–water partition coefficient (Wildman–Crippen LogP) is 4.01. The number of nitrogens with one attached hydrogen (secondary N) is 1. The van der Waals surface area contributed by atoms with Gasteiger partial charge in [0, 0.05) is 10.6 Å². The summed E-state index contributed by atoms with van der Waals surface area (Å²) in [5, 5.41) is 3.42. The fourth-order valence-corrected chi connectivity index (χ4v) is 3.74. The summed E-state index contributed by atoms with van der Waals surface area (Å²) in [6.07, 6.45) is 0. The molecule has 0 saturated heterocycles. The second-order valence-corrected chi connectivity index (χ2v) is 8.74. The number of carbonyl (C=O) groups excluding carboxylic acids is 1. The van der Waals surface area contributed by atoms with Crippen LogP contribution in [0.1, 0.15) is 37.0 Å². The van der Waals surface area contributed by atoms with E-state index in [0.29, 0.717) is 16.9 Å². The minimum Gasteiger partial charge on any atom is -0.325 e. The van der Waals surface area contributed by atoms with E-state index in [1.165, 1.54) is 21.5 Å². The first-order chi connectivity index (χ1) is 12.1. The number of thiophene rings is 1. The Kier molecular flexibility index (Phi) is 4.71. The lowest BCUT2D eigenvalue weighted by molar-refractivity contribution is -0.116. The maximum atomic E-state index is 12.7. The zero-order valence-electron chi connectivity index (χ0n) is 15.7. The van der Waals surface area contributed by atoms with Crippen LogP contribution in [0.4, 0.5) is 5.69 Å². The van der Waals surface area contributed by atoms with E-state index in [1.54, 1.807) is 6.92 Å². The standard InChI is InChI=1S/C20H23N3O2S/c1-12-10-16-18(26-12)21-13(2)23(19(16)25)11-17(24)22-15-8-6-14(7-9-15)20(3,4)5/h6-10H,11H2,1-5H3,(H,22,24). The summed E-state index contributed by atoms with van der Waals surface area (Å²) < 4.78 is 1.42. The van der Waals surface area contributed by atoms with Crippen molar-refractivity contribution in [3.63, 3.8) is 0 Å².